The van der Waals surface area contributed by atoms with Crippen LogP contribution in [-0.4, -0.2) is 37.5 Å². The molecule has 5 heterocycles. The van der Waals surface area contributed by atoms with Crippen LogP contribution in [0.25, 0.3) is 15.9 Å². The van der Waals surface area contributed by atoms with Crippen molar-refractivity contribution in [3.8, 4) is 5.00 Å². The fourth-order valence-corrected chi connectivity index (χ4v) is 6.53. The van der Waals surface area contributed by atoms with E-state index in [1.165, 1.54) is 17.4 Å². The number of hydrogen-bond donors (Lipinski definition) is 1. The minimum atomic E-state index is -4.66. The quantitative estimate of drug-likeness (QED) is 0.447. The van der Waals surface area contributed by atoms with Gasteiger partial charge in [0, 0.05) is 23.5 Å². The summed E-state index contributed by atoms with van der Waals surface area (Å²) in [5.41, 5.74) is -1.69. The van der Waals surface area contributed by atoms with Gasteiger partial charge in [-0.2, -0.15) is 13.2 Å². The lowest BCUT2D eigenvalue weighted by Crippen LogP contribution is -2.42. The maximum absolute atomic E-state index is 14.1. The molecule has 1 N–H and O–H groups in total. The number of rotatable bonds is 4. The summed E-state index contributed by atoms with van der Waals surface area (Å²) in [6.07, 6.45) is -1.26. The van der Waals surface area contributed by atoms with Crippen molar-refractivity contribution in [1.82, 2.24) is 24.3 Å². The predicted molar refractivity (Wildman–Crippen MR) is 122 cm³/mol. The summed E-state index contributed by atoms with van der Waals surface area (Å²) in [6, 6.07) is 4.87. The molecule has 35 heavy (non-hydrogen) atoms. The van der Waals surface area contributed by atoms with Gasteiger partial charge in [0.2, 0.25) is 0 Å². The lowest BCUT2D eigenvalue weighted by atomic mass is 9.61. The topological polar surface area (TPSA) is 87.0 Å². The van der Waals surface area contributed by atoms with Crippen LogP contribution < -0.4 is 5.56 Å². The summed E-state index contributed by atoms with van der Waals surface area (Å²) < 4.78 is 55.9. The third-order valence-electron chi connectivity index (χ3n) is 6.83. The van der Waals surface area contributed by atoms with Gasteiger partial charge in [0.15, 0.2) is 6.29 Å². The second-order valence-electron chi connectivity index (χ2n) is 9.30. The van der Waals surface area contributed by atoms with E-state index in [2.05, 4.69) is 22.1 Å². The lowest BCUT2D eigenvalue weighted by molar-refractivity contribution is -0.136. The van der Waals surface area contributed by atoms with E-state index in [4.69, 9.17) is 9.47 Å². The molecule has 4 aromatic rings. The van der Waals surface area contributed by atoms with E-state index in [0.717, 1.165) is 34.3 Å². The zero-order valence-electron chi connectivity index (χ0n) is 18.9. The SMILES string of the molecule is CC1CC(c2ccc(-n3cc(C(F)(F)F)c4cc(C5OCCO5)[nH]c4c3=O)s2)(c2nncn2C)C1. The second-order valence-corrected chi connectivity index (χ2v) is 10.4. The highest BCUT2D eigenvalue weighted by atomic mass is 32.1. The van der Waals surface area contributed by atoms with Gasteiger partial charge in [-0.3, -0.25) is 9.36 Å². The zero-order chi connectivity index (χ0) is 24.5. The highest BCUT2D eigenvalue weighted by Gasteiger charge is 2.49. The third-order valence-corrected chi connectivity index (χ3v) is 8.12. The highest BCUT2D eigenvalue weighted by molar-refractivity contribution is 7.14. The number of H-pyrrole nitrogens is 1. The molecule has 1 aliphatic carbocycles. The van der Waals surface area contributed by atoms with Crippen LogP contribution in [0.2, 0.25) is 0 Å². The van der Waals surface area contributed by atoms with Gasteiger partial charge >= 0.3 is 6.18 Å². The molecule has 8 nitrogen and oxygen atoms in total. The maximum Gasteiger partial charge on any atom is 0.418 e. The number of hydrogen-bond acceptors (Lipinski definition) is 6. The molecule has 184 valence electrons. The fourth-order valence-electron chi connectivity index (χ4n) is 5.34. The van der Waals surface area contributed by atoms with Crippen LogP contribution in [0.5, 0.6) is 0 Å². The van der Waals surface area contributed by atoms with Crippen molar-refractivity contribution in [3.63, 3.8) is 0 Å². The fraction of sp³-hybridized carbons (Fsp3) is 0.435. The number of fused-ring (bicyclic) bond motifs is 1. The Morgan fingerprint density at radius 3 is 2.60 bits per heavy atom. The summed E-state index contributed by atoms with van der Waals surface area (Å²) in [7, 11) is 1.88. The lowest BCUT2D eigenvalue weighted by Gasteiger charge is -2.44. The predicted octanol–water partition coefficient (Wildman–Crippen LogP) is 4.29. The third kappa shape index (κ3) is 3.46. The van der Waals surface area contributed by atoms with E-state index in [1.807, 2.05) is 17.7 Å². The Bertz CT molecular complexity index is 1470. The van der Waals surface area contributed by atoms with Crippen molar-refractivity contribution in [3.05, 3.63) is 63.0 Å². The molecule has 1 aliphatic heterocycles. The standard InChI is InChI=1S/C23H22F3N5O3S/c1-12-8-22(9-12,21-29-27-11-30(21)2)16-3-4-17(35-16)31-10-14(23(24,25)26)13-7-15(20-33-5-6-34-20)28-18(13)19(31)32/h3-4,7,10-12,20,28H,5-6,8-9H2,1-2H3. The van der Waals surface area contributed by atoms with Crippen molar-refractivity contribution in [2.24, 2.45) is 13.0 Å². The number of thiophene rings is 1. The normalized spacial score (nSPS) is 23.3. The molecule has 6 rings (SSSR count). The summed E-state index contributed by atoms with van der Waals surface area (Å²) >= 11 is 1.30. The molecule has 1 saturated heterocycles. The van der Waals surface area contributed by atoms with Crippen LogP contribution in [-0.2, 0) is 28.1 Å². The first-order valence-electron chi connectivity index (χ1n) is 11.2. The number of pyridine rings is 1. The van der Waals surface area contributed by atoms with Crippen molar-refractivity contribution in [2.45, 2.75) is 37.6 Å². The van der Waals surface area contributed by atoms with Crippen LogP contribution in [0.4, 0.5) is 13.2 Å². The van der Waals surface area contributed by atoms with Gasteiger partial charge in [-0.15, -0.1) is 21.5 Å². The Kier molecular flexibility index (Phi) is 5.00. The monoisotopic (exact) mass is 505 g/mol. The number of aryl methyl sites for hydroxylation is 1. The molecule has 0 spiro atoms. The molecule has 0 radical (unpaired) electrons. The van der Waals surface area contributed by atoms with Gasteiger partial charge in [-0.05, 0) is 37.0 Å². The van der Waals surface area contributed by atoms with Crippen LogP contribution >= 0.6 is 11.3 Å². The van der Waals surface area contributed by atoms with Crippen molar-refractivity contribution >= 4 is 22.2 Å². The molecule has 1 saturated carbocycles. The first-order chi connectivity index (χ1) is 16.7. The van der Waals surface area contributed by atoms with Crippen molar-refractivity contribution in [1.29, 1.82) is 0 Å². The van der Waals surface area contributed by atoms with Crippen molar-refractivity contribution < 1.29 is 22.6 Å². The molecule has 0 unspecified atom stereocenters. The van der Waals surface area contributed by atoms with Gasteiger partial charge in [-0.25, -0.2) is 0 Å². The van der Waals surface area contributed by atoms with Crippen LogP contribution in [0.15, 0.2) is 35.5 Å². The molecule has 0 bridgehead atoms. The molecule has 0 amide bonds. The van der Waals surface area contributed by atoms with E-state index in [-0.39, 0.29) is 22.0 Å². The summed E-state index contributed by atoms with van der Waals surface area (Å²) in [5, 5.41) is 8.55. The summed E-state index contributed by atoms with van der Waals surface area (Å²) in [4.78, 5) is 17.1. The molecule has 2 aliphatic rings. The van der Waals surface area contributed by atoms with E-state index < -0.39 is 23.6 Å². The van der Waals surface area contributed by atoms with Gasteiger partial charge in [0.05, 0.1) is 29.9 Å². The van der Waals surface area contributed by atoms with Crippen LogP contribution in [0.1, 0.15) is 48.0 Å². The number of halogens is 3. The average Bonchev–Trinajstić information content (AvgIpc) is 3.57. The Labute approximate surface area is 201 Å². The second kappa shape index (κ2) is 7.77. The molecule has 4 aromatic heterocycles. The van der Waals surface area contributed by atoms with E-state index in [9.17, 15) is 18.0 Å². The first-order valence-corrected chi connectivity index (χ1v) is 12.0. The number of alkyl halides is 3. The van der Waals surface area contributed by atoms with E-state index in [0.29, 0.717) is 24.1 Å². The van der Waals surface area contributed by atoms with Crippen LogP contribution in [0.3, 0.4) is 0 Å². The van der Waals surface area contributed by atoms with Crippen LogP contribution in [0, 0.1) is 5.92 Å². The smallest absolute Gasteiger partial charge is 0.350 e. The first kappa shape index (κ1) is 22.5. The van der Waals surface area contributed by atoms with Crippen molar-refractivity contribution in [2.75, 3.05) is 13.2 Å². The zero-order valence-corrected chi connectivity index (χ0v) is 19.7. The molecule has 0 aromatic carbocycles. The average molecular weight is 506 g/mol. The minimum absolute atomic E-state index is 0.135. The minimum Gasteiger partial charge on any atom is -0.350 e. The summed E-state index contributed by atoms with van der Waals surface area (Å²) in [5.74, 6) is 1.29. The molecular formula is C23H22F3N5O3S. The largest absolute Gasteiger partial charge is 0.418 e. The molecule has 0 atom stereocenters. The number of nitrogens with zero attached hydrogens (tertiary/aromatic N) is 4. The molecular weight excluding hydrogens is 483 g/mol. The highest BCUT2D eigenvalue weighted by Crippen LogP contribution is 2.53. The number of aromatic nitrogens is 5. The van der Waals surface area contributed by atoms with Gasteiger partial charge < -0.3 is 19.0 Å². The Morgan fingerprint density at radius 1 is 1.23 bits per heavy atom. The number of aromatic amines is 1. The van der Waals surface area contributed by atoms with Gasteiger partial charge in [-0.1, -0.05) is 6.92 Å². The van der Waals surface area contributed by atoms with E-state index >= 15 is 0 Å². The molecule has 2 fully saturated rings. The Morgan fingerprint density at radius 2 is 1.97 bits per heavy atom. The number of nitrogens with one attached hydrogen (secondary N) is 1. The van der Waals surface area contributed by atoms with Gasteiger partial charge in [0.25, 0.3) is 5.56 Å². The number of ether oxygens (including phenoxy) is 2. The maximum atomic E-state index is 14.1. The van der Waals surface area contributed by atoms with Gasteiger partial charge in [0.1, 0.15) is 22.7 Å². The Balaban J connectivity index is 1.49. The molecule has 12 heteroatoms. The van der Waals surface area contributed by atoms with E-state index in [1.54, 1.807) is 12.4 Å². The summed E-state index contributed by atoms with van der Waals surface area (Å²) in [6.45, 7) is 2.82. The Hall–Kier alpha value is -2.96.